The van der Waals surface area contributed by atoms with Crippen LogP contribution in [0.25, 0.3) is 10.2 Å². The van der Waals surface area contributed by atoms with Crippen molar-refractivity contribution in [2.24, 2.45) is 0 Å². The Labute approximate surface area is 96.5 Å². The van der Waals surface area contributed by atoms with Gasteiger partial charge in [0.05, 0.1) is 28.3 Å². The molecule has 16 heavy (non-hydrogen) atoms. The lowest BCUT2D eigenvalue weighted by Gasteiger charge is -2.03. The monoisotopic (exact) mass is 237 g/mol. The van der Waals surface area contributed by atoms with Gasteiger partial charge >= 0.3 is 5.97 Å². The van der Waals surface area contributed by atoms with Gasteiger partial charge in [-0.1, -0.05) is 0 Å². The minimum Gasteiger partial charge on any atom is -0.493 e. The van der Waals surface area contributed by atoms with Crippen molar-refractivity contribution in [3.8, 4) is 5.75 Å². The van der Waals surface area contributed by atoms with E-state index in [1.807, 2.05) is 25.1 Å². The van der Waals surface area contributed by atoms with Crippen molar-refractivity contribution in [1.29, 1.82) is 0 Å². The number of rotatable bonds is 4. The van der Waals surface area contributed by atoms with Gasteiger partial charge in [-0.3, -0.25) is 4.79 Å². The molecule has 0 aliphatic rings. The van der Waals surface area contributed by atoms with Crippen molar-refractivity contribution in [3.05, 3.63) is 23.2 Å². The largest absolute Gasteiger partial charge is 0.493 e. The van der Waals surface area contributed by atoms with Crippen LogP contribution in [0.3, 0.4) is 0 Å². The van der Waals surface area contributed by atoms with E-state index in [4.69, 9.17) is 9.84 Å². The quantitative estimate of drug-likeness (QED) is 0.887. The number of hydrogen-bond donors (Lipinski definition) is 1. The third-order valence-corrected chi connectivity index (χ3v) is 3.00. The van der Waals surface area contributed by atoms with E-state index in [2.05, 4.69) is 4.98 Å². The maximum Gasteiger partial charge on any atom is 0.306 e. The minimum atomic E-state index is -0.856. The van der Waals surface area contributed by atoms with E-state index in [-0.39, 0.29) is 13.0 Å². The average Bonchev–Trinajstić information content (AvgIpc) is 2.56. The third kappa shape index (κ3) is 2.49. The van der Waals surface area contributed by atoms with Crippen LogP contribution < -0.4 is 4.74 Å². The summed E-state index contributed by atoms with van der Waals surface area (Å²) in [6.07, 6.45) is 0.00807. The summed E-state index contributed by atoms with van der Waals surface area (Å²) in [5, 5.41) is 9.49. The van der Waals surface area contributed by atoms with Crippen LogP contribution in [0.2, 0.25) is 0 Å². The molecule has 4 nitrogen and oxygen atoms in total. The second kappa shape index (κ2) is 4.49. The Hall–Kier alpha value is -1.62. The summed E-state index contributed by atoms with van der Waals surface area (Å²) in [4.78, 5) is 14.7. The van der Waals surface area contributed by atoms with Gasteiger partial charge in [-0.15, -0.1) is 11.3 Å². The highest BCUT2D eigenvalue weighted by atomic mass is 32.1. The number of ether oxygens (including phenoxy) is 1. The molecule has 0 spiro atoms. The molecule has 1 aromatic carbocycles. The number of thiazole rings is 1. The first-order valence-electron chi connectivity index (χ1n) is 4.87. The first-order chi connectivity index (χ1) is 7.65. The van der Waals surface area contributed by atoms with E-state index in [0.29, 0.717) is 5.75 Å². The Morgan fingerprint density at radius 2 is 2.38 bits per heavy atom. The summed E-state index contributed by atoms with van der Waals surface area (Å²) >= 11 is 1.63. The molecule has 5 heteroatoms. The van der Waals surface area contributed by atoms with Gasteiger partial charge in [-0.2, -0.15) is 0 Å². The van der Waals surface area contributed by atoms with E-state index in [1.54, 1.807) is 11.3 Å². The van der Waals surface area contributed by atoms with Gasteiger partial charge in [0.1, 0.15) is 5.75 Å². The summed E-state index contributed by atoms with van der Waals surface area (Å²) < 4.78 is 6.43. The fourth-order valence-electron chi connectivity index (χ4n) is 1.37. The minimum absolute atomic E-state index is 0.00807. The molecule has 1 N–H and O–H groups in total. The fraction of sp³-hybridized carbons (Fsp3) is 0.273. The molecule has 1 heterocycles. The highest BCUT2D eigenvalue weighted by Gasteiger charge is 2.03. The second-order valence-electron chi connectivity index (χ2n) is 3.35. The molecule has 2 aromatic rings. The molecule has 0 aliphatic heterocycles. The molecular formula is C11H11NO3S. The number of fused-ring (bicyclic) bond motifs is 1. The number of carboxylic acids is 1. The second-order valence-corrected chi connectivity index (χ2v) is 4.59. The number of nitrogens with zero attached hydrogens (tertiary/aromatic N) is 1. The maximum atomic E-state index is 10.3. The van der Waals surface area contributed by atoms with Crippen LogP contribution in [-0.4, -0.2) is 22.7 Å². The van der Waals surface area contributed by atoms with Crippen LogP contribution in [0.15, 0.2) is 18.2 Å². The van der Waals surface area contributed by atoms with Crippen molar-refractivity contribution in [2.45, 2.75) is 13.3 Å². The predicted molar refractivity (Wildman–Crippen MR) is 62.1 cm³/mol. The van der Waals surface area contributed by atoms with Crippen LogP contribution in [0.1, 0.15) is 11.4 Å². The zero-order valence-electron chi connectivity index (χ0n) is 8.77. The standard InChI is InChI=1S/C11H11NO3S/c1-7-12-9-6-8(2-3-10(9)16-7)15-5-4-11(13)14/h2-3,6H,4-5H2,1H3,(H,13,14). The van der Waals surface area contributed by atoms with E-state index >= 15 is 0 Å². The predicted octanol–water partition coefficient (Wildman–Crippen LogP) is 2.46. The van der Waals surface area contributed by atoms with Gasteiger partial charge < -0.3 is 9.84 Å². The Morgan fingerprint density at radius 3 is 3.12 bits per heavy atom. The Balaban J connectivity index is 2.10. The van der Waals surface area contributed by atoms with E-state index < -0.39 is 5.97 Å². The highest BCUT2D eigenvalue weighted by molar-refractivity contribution is 7.18. The summed E-state index contributed by atoms with van der Waals surface area (Å²) in [5.74, 6) is -0.190. The molecule has 0 saturated heterocycles. The molecule has 84 valence electrons. The number of carboxylic acid groups (broad SMARTS) is 1. The molecule has 0 aliphatic carbocycles. The van der Waals surface area contributed by atoms with Crippen molar-refractivity contribution in [1.82, 2.24) is 4.98 Å². The van der Waals surface area contributed by atoms with Gasteiger partial charge in [0.2, 0.25) is 0 Å². The van der Waals surface area contributed by atoms with Gasteiger partial charge in [-0.05, 0) is 19.1 Å². The first kappa shape index (κ1) is 10.9. The Kier molecular flexibility index (Phi) is 3.05. The number of carbonyl (C=O) groups is 1. The topological polar surface area (TPSA) is 59.4 Å². The number of aliphatic carboxylic acids is 1. The Morgan fingerprint density at radius 1 is 1.56 bits per heavy atom. The summed E-state index contributed by atoms with van der Waals surface area (Å²) in [5.41, 5.74) is 0.898. The van der Waals surface area contributed by atoms with Gasteiger partial charge in [-0.25, -0.2) is 4.98 Å². The van der Waals surface area contributed by atoms with Gasteiger partial charge in [0.15, 0.2) is 0 Å². The summed E-state index contributed by atoms with van der Waals surface area (Å²) in [6, 6.07) is 5.61. The highest BCUT2D eigenvalue weighted by Crippen LogP contribution is 2.25. The lowest BCUT2D eigenvalue weighted by atomic mass is 10.3. The van der Waals surface area contributed by atoms with Crippen molar-refractivity contribution in [3.63, 3.8) is 0 Å². The van der Waals surface area contributed by atoms with E-state index in [1.165, 1.54) is 0 Å². The third-order valence-electron chi connectivity index (χ3n) is 2.05. The molecule has 0 unspecified atom stereocenters. The molecule has 0 saturated carbocycles. The van der Waals surface area contributed by atoms with Crippen molar-refractivity contribution in [2.75, 3.05) is 6.61 Å². The normalized spacial score (nSPS) is 10.6. The van der Waals surface area contributed by atoms with Crippen LogP contribution in [0.4, 0.5) is 0 Å². The van der Waals surface area contributed by atoms with Crippen molar-refractivity contribution < 1.29 is 14.6 Å². The smallest absolute Gasteiger partial charge is 0.306 e. The van der Waals surface area contributed by atoms with Crippen molar-refractivity contribution >= 4 is 27.5 Å². The number of aryl methyl sites for hydroxylation is 1. The van der Waals surface area contributed by atoms with E-state index in [0.717, 1.165) is 15.2 Å². The zero-order chi connectivity index (χ0) is 11.5. The molecule has 0 amide bonds. The molecule has 0 radical (unpaired) electrons. The lowest BCUT2D eigenvalue weighted by molar-refractivity contribution is -0.137. The maximum absolute atomic E-state index is 10.3. The fourth-order valence-corrected chi connectivity index (χ4v) is 2.18. The lowest BCUT2D eigenvalue weighted by Crippen LogP contribution is -2.04. The SMILES string of the molecule is Cc1nc2cc(OCCC(=O)O)ccc2s1. The molecular weight excluding hydrogens is 226 g/mol. The molecule has 2 rings (SSSR count). The van der Waals surface area contributed by atoms with Crippen LogP contribution in [0.5, 0.6) is 5.75 Å². The van der Waals surface area contributed by atoms with E-state index in [9.17, 15) is 4.79 Å². The zero-order valence-corrected chi connectivity index (χ0v) is 9.58. The van der Waals surface area contributed by atoms with Crippen LogP contribution in [-0.2, 0) is 4.79 Å². The molecule has 0 fully saturated rings. The Bertz CT molecular complexity index is 521. The molecule has 0 atom stereocenters. The summed E-state index contributed by atoms with van der Waals surface area (Å²) in [7, 11) is 0. The average molecular weight is 237 g/mol. The molecule has 0 bridgehead atoms. The number of benzene rings is 1. The number of aromatic nitrogens is 1. The first-order valence-corrected chi connectivity index (χ1v) is 5.68. The number of hydrogen-bond acceptors (Lipinski definition) is 4. The van der Waals surface area contributed by atoms with Crippen LogP contribution >= 0.6 is 11.3 Å². The van der Waals surface area contributed by atoms with Gasteiger partial charge in [0, 0.05) is 6.07 Å². The summed E-state index contributed by atoms with van der Waals surface area (Å²) in [6.45, 7) is 2.14. The molecule has 1 aromatic heterocycles. The van der Waals surface area contributed by atoms with Gasteiger partial charge in [0.25, 0.3) is 0 Å². The van der Waals surface area contributed by atoms with Crippen LogP contribution in [0, 0.1) is 6.92 Å².